The second-order valence-corrected chi connectivity index (χ2v) is 5.15. The average Bonchev–Trinajstić information content (AvgIpc) is 2.26. The van der Waals surface area contributed by atoms with Gasteiger partial charge < -0.3 is 4.74 Å². The number of thioether (sulfide) groups is 1. The van der Waals surface area contributed by atoms with Crippen molar-refractivity contribution in [1.82, 2.24) is 0 Å². The van der Waals surface area contributed by atoms with E-state index in [-0.39, 0.29) is 0 Å². The molecule has 0 N–H and O–H groups in total. The Morgan fingerprint density at radius 1 is 1.36 bits per heavy atom. The van der Waals surface area contributed by atoms with Crippen LogP contribution in [0.15, 0.2) is 34.8 Å². The molecule has 0 spiro atoms. The van der Waals surface area contributed by atoms with Crippen molar-refractivity contribution in [3.8, 4) is 0 Å². The summed E-state index contributed by atoms with van der Waals surface area (Å²) in [5.41, 5.74) is 1.37. The highest BCUT2D eigenvalue weighted by Gasteiger charge is 2.29. The molecular formula is C12H14OS. The molecule has 1 nitrogen and oxygen atoms in total. The monoisotopic (exact) mass is 206 g/mol. The van der Waals surface area contributed by atoms with Crippen molar-refractivity contribution in [2.45, 2.75) is 31.5 Å². The van der Waals surface area contributed by atoms with Crippen LogP contribution in [0.25, 0.3) is 0 Å². The van der Waals surface area contributed by atoms with Crippen LogP contribution in [0.3, 0.4) is 0 Å². The highest BCUT2D eigenvalue weighted by atomic mass is 32.2. The lowest BCUT2D eigenvalue weighted by molar-refractivity contribution is 0.0231. The van der Waals surface area contributed by atoms with Crippen LogP contribution in [0.4, 0.5) is 0 Å². The van der Waals surface area contributed by atoms with Crippen LogP contribution < -0.4 is 0 Å². The highest BCUT2D eigenvalue weighted by Crippen LogP contribution is 2.39. The van der Waals surface area contributed by atoms with Gasteiger partial charge in [-0.3, -0.25) is 0 Å². The molecule has 2 heteroatoms. The van der Waals surface area contributed by atoms with E-state index in [1.54, 1.807) is 0 Å². The maximum absolute atomic E-state index is 6.09. The fourth-order valence-corrected chi connectivity index (χ4v) is 3.35. The molecule has 2 heterocycles. The summed E-state index contributed by atoms with van der Waals surface area (Å²) in [6, 6.07) is 0. The van der Waals surface area contributed by atoms with Crippen LogP contribution in [0, 0.1) is 0 Å². The van der Waals surface area contributed by atoms with E-state index in [1.165, 1.54) is 29.1 Å². The molecule has 2 unspecified atom stereocenters. The summed E-state index contributed by atoms with van der Waals surface area (Å²) in [6.07, 6.45) is 13.2. The summed E-state index contributed by atoms with van der Waals surface area (Å²) in [6.45, 7) is 0. The Kier molecular flexibility index (Phi) is 2.26. The zero-order valence-corrected chi connectivity index (χ0v) is 8.93. The fourth-order valence-electron chi connectivity index (χ4n) is 2.23. The molecule has 1 saturated heterocycles. The minimum Gasteiger partial charge on any atom is -0.365 e. The summed E-state index contributed by atoms with van der Waals surface area (Å²) in [4.78, 5) is 1.45. The molecule has 0 radical (unpaired) electrons. The third-order valence-electron chi connectivity index (χ3n) is 2.98. The topological polar surface area (TPSA) is 9.23 Å². The molecule has 0 saturated carbocycles. The van der Waals surface area contributed by atoms with Crippen molar-refractivity contribution >= 4 is 11.8 Å². The van der Waals surface area contributed by atoms with Crippen molar-refractivity contribution in [2.75, 3.05) is 5.75 Å². The van der Waals surface area contributed by atoms with Crippen LogP contribution in [0.2, 0.25) is 0 Å². The van der Waals surface area contributed by atoms with Crippen LogP contribution in [0.5, 0.6) is 0 Å². The van der Waals surface area contributed by atoms with E-state index in [1.807, 2.05) is 11.8 Å². The van der Waals surface area contributed by atoms with Crippen molar-refractivity contribution in [2.24, 2.45) is 0 Å². The zero-order chi connectivity index (χ0) is 9.38. The van der Waals surface area contributed by atoms with Crippen molar-refractivity contribution in [1.29, 1.82) is 0 Å². The van der Waals surface area contributed by atoms with E-state index >= 15 is 0 Å². The van der Waals surface area contributed by atoms with E-state index in [2.05, 4.69) is 24.3 Å². The van der Waals surface area contributed by atoms with E-state index in [0.29, 0.717) is 12.2 Å². The summed E-state index contributed by atoms with van der Waals surface area (Å²) in [5.74, 6) is 1.26. The number of ether oxygens (including phenoxy) is 1. The van der Waals surface area contributed by atoms with Gasteiger partial charge in [-0.1, -0.05) is 18.2 Å². The van der Waals surface area contributed by atoms with Gasteiger partial charge in [-0.2, -0.15) is 0 Å². The molecule has 0 amide bonds. The third kappa shape index (κ3) is 1.47. The van der Waals surface area contributed by atoms with E-state index in [0.717, 1.165) is 6.42 Å². The predicted octanol–water partition coefficient (Wildman–Crippen LogP) is 3.05. The molecule has 3 aliphatic rings. The molecule has 2 atom stereocenters. The van der Waals surface area contributed by atoms with Gasteiger partial charge in [0.05, 0.1) is 12.2 Å². The first-order valence-corrected chi connectivity index (χ1v) is 6.28. The van der Waals surface area contributed by atoms with Gasteiger partial charge in [-0.25, -0.2) is 0 Å². The van der Waals surface area contributed by atoms with Crippen LogP contribution in [-0.4, -0.2) is 18.0 Å². The van der Waals surface area contributed by atoms with Gasteiger partial charge in [-0.15, -0.1) is 11.8 Å². The van der Waals surface area contributed by atoms with E-state index in [9.17, 15) is 0 Å². The Labute approximate surface area is 88.9 Å². The molecule has 1 aliphatic carbocycles. The summed E-state index contributed by atoms with van der Waals surface area (Å²) >= 11 is 1.97. The van der Waals surface area contributed by atoms with Gasteiger partial charge in [-0.05, 0) is 36.7 Å². The van der Waals surface area contributed by atoms with Gasteiger partial charge in [0.25, 0.3) is 0 Å². The quantitative estimate of drug-likeness (QED) is 0.602. The molecule has 1 fully saturated rings. The highest BCUT2D eigenvalue weighted by molar-refractivity contribution is 8.03. The Morgan fingerprint density at radius 2 is 2.36 bits per heavy atom. The second kappa shape index (κ2) is 3.59. The minimum absolute atomic E-state index is 0.340. The molecule has 0 aromatic heterocycles. The Hall–Kier alpha value is -0.470. The molecular weight excluding hydrogens is 192 g/mol. The number of rotatable bonds is 0. The van der Waals surface area contributed by atoms with Crippen molar-refractivity contribution < 1.29 is 4.74 Å². The Balaban J connectivity index is 1.92. The van der Waals surface area contributed by atoms with Crippen LogP contribution >= 0.6 is 11.8 Å². The number of hydrogen-bond donors (Lipinski definition) is 0. The van der Waals surface area contributed by atoms with Crippen molar-refractivity contribution in [3.05, 3.63) is 34.8 Å². The van der Waals surface area contributed by atoms with Crippen LogP contribution in [-0.2, 0) is 4.74 Å². The number of hydrogen-bond acceptors (Lipinski definition) is 2. The first kappa shape index (κ1) is 8.81. The molecule has 14 heavy (non-hydrogen) atoms. The first-order valence-electron chi connectivity index (χ1n) is 5.30. The normalized spacial score (nSPS) is 35.4. The molecule has 0 aromatic rings. The summed E-state index contributed by atoms with van der Waals surface area (Å²) < 4.78 is 6.09. The van der Waals surface area contributed by atoms with Gasteiger partial charge in [0.1, 0.15) is 0 Å². The smallest absolute Gasteiger partial charge is 0.0892 e. The maximum atomic E-state index is 6.09. The summed E-state index contributed by atoms with van der Waals surface area (Å²) in [7, 11) is 0. The lowest BCUT2D eigenvalue weighted by atomic mass is 9.96. The third-order valence-corrected chi connectivity index (χ3v) is 4.19. The fraction of sp³-hybridized carbons (Fsp3) is 0.500. The zero-order valence-electron chi connectivity index (χ0n) is 8.11. The number of allylic oxidation sites excluding steroid dienone is 2. The maximum Gasteiger partial charge on any atom is 0.0892 e. The van der Waals surface area contributed by atoms with Crippen molar-refractivity contribution in [3.63, 3.8) is 0 Å². The lowest BCUT2D eigenvalue weighted by Crippen LogP contribution is -2.31. The number of fused-ring (bicyclic) bond motifs is 2. The minimum atomic E-state index is 0.340. The summed E-state index contributed by atoms with van der Waals surface area (Å²) in [5, 5.41) is 0. The van der Waals surface area contributed by atoms with Gasteiger partial charge in [0, 0.05) is 4.91 Å². The molecule has 3 rings (SSSR count). The van der Waals surface area contributed by atoms with Gasteiger partial charge in [0.15, 0.2) is 0 Å². The van der Waals surface area contributed by atoms with Gasteiger partial charge >= 0.3 is 0 Å². The molecule has 0 bridgehead atoms. The van der Waals surface area contributed by atoms with Gasteiger partial charge in [0.2, 0.25) is 0 Å². The predicted molar refractivity (Wildman–Crippen MR) is 60.3 cm³/mol. The molecule has 0 aromatic carbocycles. The van der Waals surface area contributed by atoms with E-state index in [4.69, 9.17) is 4.74 Å². The standard InChI is InChI=1S/C12H14OS/c1-2-5-10-9(4-1)8-12-11(13-10)6-3-7-14-12/h1-2,4,8,10-11H,3,5-7H2. The molecule has 74 valence electrons. The van der Waals surface area contributed by atoms with E-state index < -0.39 is 0 Å². The average molecular weight is 206 g/mol. The Bertz CT molecular complexity index is 327. The largest absolute Gasteiger partial charge is 0.365 e. The second-order valence-electron chi connectivity index (χ2n) is 3.98. The SMILES string of the molecule is C1=CCC2OC3CCCSC3=CC2=C1. The first-order chi connectivity index (χ1) is 6.93. The lowest BCUT2D eigenvalue weighted by Gasteiger charge is -2.35. The Morgan fingerprint density at radius 3 is 3.36 bits per heavy atom. The van der Waals surface area contributed by atoms with Crippen LogP contribution in [0.1, 0.15) is 19.3 Å². The molecule has 2 aliphatic heterocycles.